The van der Waals surface area contributed by atoms with Crippen LogP contribution in [-0.4, -0.2) is 0 Å². The Kier molecular flexibility index (Phi) is 5.12. The van der Waals surface area contributed by atoms with E-state index in [0.29, 0.717) is 0 Å². The standard InChI is InChI=1S/C15H13.Li/c1-13(15-10-6-3-7-11-15)12-14-8-4-2-5-9-14;/h2-11H,1H3;/q-1;+1. The van der Waals surface area contributed by atoms with Gasteiger partial charge >= 0.3 is 18.9 Å². The predicted octanol–water partition coefficient (Wildman–Crippen LogP) is 0.945. The second-order valence-electron chi connectivity index (χ2n) is 3.48. The van der Waals surface area contributed by atoms with E-state index in [9.17, 15) is 0 Å². The molecule has 74 valence electrons. The van der Waals surface area contributed by atoms with Gasteiger partial charge in [-0.1, -0.05) is 48.9 Å². The molecule has 0 saturated heterocycles. The summed E-state index contributed by atoms with van der Waals surface area (Å²) >= 11 is 0. The van der Waals surface area contributed by atoms with Crippen molar-refractivity contribution in [1.29, 1.82) is 0 Å². The van der Waals surface area contributed by atoms with Crippen molar-refractivity contribution in [3.05, 3.63) is 77.9 Å². The number of hydrogen-bond donors (Lipinski definition) is 0. The second kappa shape index (κ2) is 6.38. The molecule has 0 saturated carbocycles. The third-order valence-electron chi connectivity index (χ3n) is 2.31. The number of hydrogen-bond acceptors (Lipinski definition) is 0. The Bertz CT molecular complexity index is 443. The topological polar surface area (TPSA) is 0 Å². The van der Waals surface area contributed by atoms with Crippen LogP contribution in [0.15, 0.2) is 60.7 Å². The molecule has 0 radical (unpaired) electrons. The molecule has 0 nitrogen and oxygen atoms in total. The molecule has 0 amide bonds. The minimum atomic E-state index is 0. The first kappa shape index (κ1) is 12.8. The zero-order valence-electron chi connectivity index (χ0n) is 9.77. The van der Waals surface area contributed by atoms with E-state index in [1.54, 1.807) is 0 Å². The van der Waals surface area contributed by atoms with Gasteiger partial charge in [0.1, 0.15) is 0 Å². The molecule has 2 rings (SSSR count). The van der Waals surface area contributed by atoms with E-state index in [2.05, 4.69) is 37.3 Å². The molecule has 2 aromatic rings. The molecule has 0 heterocycles. The summed E-state index contributed by atoms with van der Waals surface area (Å²) in [6.45, 7) is 2.09. The maximum absolute atomic E-state index is 3.37. The quantitative estimate of drug-likeness (QED) is 0.384. The van der Waals surface area contributed by atoms with Crippen molar-refractivity contribution < 1.29 is 18.9 Å². The summed E-state index contributed by atoms with van der Waals surface area (Å²) < 4.78 is 0. The van der Waals surface area contributed by atoms with Gasteiger partial charge in [0.2, 0.25) is 0 Å². The van der Waals surface area contributed by atoms with Gasteiger partial charge in [-0.25, -0.2) is 0 Å². The van der Waals surface area contributed by atoms with Crippen LogP contribution in [0.1, 0.15) is 18.1 Å². The molecule has 0 aliphatic carbocycles. The molecular formula is C15H13Li. The maximum atomic E-state index is 3.37. The van der Waals surface area contributed by atoms with E-state index in [0.717, 1.165) is 5.56 Å². The van der Waals surface area contributed by atoms with Gasteiger partial charge in [-0.3, -0.25) is 0 Å². The van der Waals surface area contributed by atoms with Crippen molar-refractivity contribution in [2.24, 2.45) is 0 Å². The average molecular weight is 200 g/mol. The Morgan fingerprint density at radius 3 is 1.88 bits per heavy atom. The smallest absolute Gasteiger partial charge is 0.149 e. The van der Waals surface area contributed by atoms with Gasteiger partial charge in [0, 0.05) is 0 Å². The summed E-state index contributed by atoms with van der Waals surface area (Å²) in [5.74, 6) is 0. The zero-order chi connectivity index (χ0) is 10.5. The Morgan fingerprint density at radius 1 is 0.812 bits per heavy atom. The van der Waals surface area contributed by atoms with Crippen molar-refractivity contribution in [3.8, 4) is 0 Å². The maximum Gasteiger partial charge on any atom is 1.00 e. The van der Waals surface area contributed by atoms with Crippen LogP contribution in [0, 0.1) is 6.08 Å². The zero-order valence-corrected chi connectivity index (χ0v) is 9.77. The summed E-state index contributed by atoms with van der Waals surface area (Å²) in [7, 11) is 0. The molecule has 0 aliphatic rings. The fraction of sp³-hybridized carbons (Fsp3) is 0.0667. The van der Waals surface area contributed by atoms with Crippen LogP contribution >= 0.6 is 0 Å². The van der Waals surface area contributed by atoms with E-state index in [1.165, 1.54) is 11.1 Å². The first-order valence-electron chi connectivity index (χ1n) is 5.07. The Balaban J connectivity index is 0.00000128. The van der Waals surface area contributed by atoms with Gasteiger partial charge in [-0.05, 0) is 0 Å². The molecule has 0 N–H and O–H groups in total. The minimum absolute atomic E-state index is 0. The molecule has 0 aromatic heterocycles. The summed E-state index contributed by atoms with van der Waals surface area (Å²) in [6, 6.07) is 20.5. The van der Waals surface area contributed by atoms with Crippen LogP contribution in [-0.2, 0) is 0 Å². The van der Waals surface area contributed by atoms with Crippen LogP contribution in [0.25, 0.3) is 5.57 Å². The van der Waals surface area contributed by atoms with Crippen LogP contribution in [0.4, 0.5) is 0 Å². The van der Waals surface area contributed by atoms with Crippen LogP contribution in [0.2, 0.25) is 0 Å². The molecule has 1 heteroatoms. The summed E-state index contributed by atoms with van der Waals surface area (Å²) in [6.07, 6.45) is 3.37. The van der Waals surface area contributed by atoms with Crippen LogP contribution in [0.3, 0.4) is 0 Å². The normalized spacial score (nSPS) is 10.7. The minimum Gasteiger partial charge on any atom is -0.149 e. The molecule has 0 aliphatic heterocycles. The molecule has 0 bridgehead atoms. The van der Waals surface area contributed by atoms with Crippen LogP contribution in [0.5, 0.6) is 0 Å². The number of benzene rings is 2. The van der Waals surface area contributed by atoms with E-state index in [4.69, 9.17) is 0 Å². The Morgan fingerprint density at radius 2 is 1.31 bits per heavy atom. The molecular weight excluding hydrogens is 187 g/mol. The number of allylic oxidation sites excluding steroid dienone is 1. The van der Waals surface area contributed by atoms with E-state index < -0.39 is 0 Å². The van der Waals surface area contributed by atoms with E-state index in [-0.39, 0.29) is 18.9 Å². The summed E-state index contributed by atoms with van der Waals surface area (Å²) in [5.41, 5.74) is 3.52. The van der Waals surface area contributed by atoms with Crippen molar-refractivity contribution in [1.82, 2.24) is 0 Å². The van der Waals surface area contributed by atoms with Crippen molar-refractivity contribution >= 4 is 5.57 Å². The molecule has 0 spiro atoms. The van der Waals surface area contributed by atoms with E-state index >= 15 is 0 Å². The average Bonchev–Trinajstić information content (AvgIpc) is 2.31. The van der Waals surface area contributed by atoms with Gasteiger partial charge in [0.15, 0.2) is 0 Å². The molecule has 0 atom stereocenters. The third kappa shape index (κ3) is 3.42. The molecule has 0 unspecified atom stereocenters. The predicted molar refractivity (Wildman–Crippen MR) is 64.3 cm³/mol. The monoisotopic (exact) mass is 200 g/mol. The van der Waals surface area contributed by atoms with Crippen LogP contribution < -0.4 is 18.9 Å². The first-order valence-corrected chi connectivity index (χ1v) is 5.07. The SMILES string of the molecule is CC(=[C-]c1ccccc1)c1ccccc1.[Li+]. The van der Waals surface area contributed by atoms with Gasteiger partial charge in [0.05, 0.1) is 0 Å². The molecule has 16 heavy (non-hydrogen) atoms. The van der Waals surface area contributed by atoms with Gasteiger partial charge in [0.25, 0.3) is 0 Å². The Hall–Kier alpha value is -1.22. The number of rotatable bonds is 2. The summed E-state index contributed by atoms with van der Waals surface area (Å²) in [4.78, 5) is 0. The van der Waals surface area contributed by atoms with Crippen molar-refractivity contribution in [3.63, 3.8) is 0 Å². The van der Waals surface area contributed by atoms with Gasteiger partial charge in [-0.2, -0.15) is 0 Å². The third-order valence-corrected chi connectivity index (χ3v) is 2.31. The first-order chi connectivity index (χ1) is 7.36. The molecule has 2 aromatic carbocycles. The van der Waals surface area contributed by atoms with Crippen molar-refractivity contribution in [2.75, 3.05) is 0 Å². The van der Waals surface area contributed by atoms with Gasteiger partial charge < -0.3 is 0 Å². The largest absolute Gasteiger partial charge is 1.00 e. The van der Waals surface area contributed by atoms with E-state index in [1.807, 2.05) is 36.4 Å². The van der Waals surface area contributed by atoms with Crippen molar-refractivity contribution in [2.45, 2.75) is 6.92 Å². The summed E-state index contributed by atoms with van der Waals surface area (Å²) in [5, 5.41) is 0. The van der Waals surface area contributed by atoms with Gasteiger partial charge in [-0.15, -0.1) is 41.5 Å². The fourth-order valence-corrected chi connectivity index (χ4v) is 1.50. The second-order valence-corrected chi connectivity index (χ2v) is 3.48. The Labute approximate surface area is 109 Å². The molecule has 0 fully saturated rings. The fourth-order valence-electron chi connectivity index (χ4n) is 1.50.